The molecule has 0 spiro atoms. The number of carbonyl (C=O) groups is 1. The normalized spacial score (nSPS) is 10.6. The third kappa shape index (κ3) is 7.52. The molecule has 0 atom stereocenters. The third-order valence-electron chi connectivity index (χ3n) is 3.58. The average molecular weight is 311 g/mol. The van der Waals surface area contributed by atoms with Gasteiger partial charge in [-0.25, -0.2) is 0 Å². The average Bonchev–Trinajstić information content (AvgIpc) is 2.47. The van der Waals surface area contributed by atoms with Crippen LogP contribution in [0.1, 0.15) is 63.5 Å². The summed E-state index contributed by atoms with van der Waals surface area (Å²) >= 11 is 5.36. The van der Waals surface area contributed by atoms with Crippen LogP contribution in [-0.4, -0.2) is 11.8 Å². The highest BCUT2D eigenvalue weighted by Gasteiger charge is 2.07. The first-order valence-electron chi connectivity index (χ1n) is 8.10. The molecule has 1 aromatic rings. The molecule has 0 aromatic heterocycles. The van der Waals surface area contributed by atoms with Crippen molar-refractivity contribution in [3.63, 3.8) is 0 Å². The predicted molar refractivity (Wildman–Crippen MR) is 89.3 cm³/mol. The number of rotatable bonds is 11. The summed E-state index contributed by atoms with van der Waals surface area (Å²) in [6.45, 7) is 4.36. The lowest BCUT2D eigenvalue weighted by molar-refractivity contribution is -0.113. The van der Waals surface area contributed by atoms with Gasteiger partial charge in [0.2, 0.25) is 0 Å². The van der Waals surface area contributed by atoms with E-state index in [-0.39, 0.29) is 6.61 Å². The monoisotopic (exact) mass is 310 g/mol. The minimum Gasteiger partial charge on any atom is -0.484 e. The Balaban J connectivity index is 2.72. The highest BCUT2D eigenvalue weighted by Crippen LogP contribution is 2.24. The van der Waals surface area contributed by atoms with E-state index in [1.165, 1.54) is 43.2 Å². The van der Waals surface area contributed by atoms with Gasteiger partial charge >= 0.3 is 0 Å². The topological polar surface area (TPSA) is 26.3 Å². The summed E-state index contributed by atoms with van der Waals surface area (Å²) in [5.41, 5.74) is 2.56. The van der Waals surface area contributed by atoms with Crippen LogP contribution in [0.5, 0.6) is 5.75 Å². The number of halogens is 1. The largest absolute Gasteiger partial charge is 0.484 e. The molecule has 0 saturated heterocycles. The van der Waals surface area contributed by atoms with E-state index in [0.717, 1.165) is 25.0 Å². The Morgan fingerprint density at radius 2 is 1.71 bits per heavy atom. The van der Waals surface area contributed by atoms with Crippen molar-refractivity contribution in [1.82, 2.24) is 0 Å². The van der Waals surface area contributed by atoms with Crippen LogP contribution < -0.4 is 4.74 Å². The maximum absolute atomic E-state index is 10.9. The van der Waals surface area contributed by atoms with E-state index in [2.05, 4.69) is 26.0 Å². The molecule has 0 bridgehead atoms. The molecule has 0 fully saturated rings. The number of hydrogen-bond donors (Lipinski definition) is 0. The van der Waals surface area contributed by atoms with E-state index < -0.39 is 5.24 Å². The van der Waals surface area contributed by atoms with Crippen LogP contribution in [0.25, 0.3) is 0 Å². The molecule has 1 rings (SSSR count). The molecule has 118 valence electrons. The molecule has 0 aliphatic rings. The summed E-state index contributed by atoms with van der Waals surface area (Å²) in [6.07, 6.45) is 9.42. The Kier molecular flexibility index (Phi) is 9.16. The van der Waals surface area contributed by atoms with Crippen molar-refractivity contribution in [2.75, 3.05) is 6.61 Å². The van der Waals surface area contributed by atoms with Crippen LogP contribution in [0, 0.1) is 0 Å². The number of unbranched alkanes of at least 4 members (excludes halogenated alkanes) is 4. The summed E-state index contributed by atoms with van der Waals surface area (Å²) in [5.74, 6) is 0.805. The molecular weight excluding hydrogens is 284 g/mol. The molecule has 1 aromatic carbocycles. The highest BCUT2D eigenvalue weighted by atomic mass is 35.5. The molecule has 0 unspecified atom stereocenters. The SMILES string of the molecule is CCCCCc1ccc(OCC(=O)Cl)c(CCCCC)c1. The van der Waals surface area contributed by atoms with Gasteiger partial charge in [0.1, 0.15) is 5.75 Å². The predicted octanol–water partition coefficient (Wildman–Crippen LogP) is 5.30. The fraction of sp³-hybridized carbons (Fsp3) is 0.611. The standard InChI is InChI=1S/C18H27ClO2/c1-3-5-7-9-15-11-12-17(21-14-18(19)20)16(13-15)10-8-6-4-2/h11-13H,3-10,14H2,1-2H3. The fourth-order valence-corrected chi connectivity index (χ4v) is 2.46. The Labute approximate surface area is 133 Å². The Hall–Kier alpha value is -1.02. The molecule has 0 amide bonds. The van der Waals surface area contributed by atoms with Gasteiger partial charge in [0.25, 0.3) is 5.24 Å². The van der Waals surface area contributed by atoms with E-state index in [4.69, 9.17) is 16.3 Å². The van der Waals surface area contributed by atoms with Crippen molar-refractivity contribution in [1.29, 1.82) is 0 Å². The van der Waals surface area contributed by atoms with Crippen LogP contribution in [0.15, 0.2) is 18.2 Å². The minimum atomic E-state index is -0.457. The number of aryl methyl sites for hydroxylation is 2. The van der Waals surface area contributed by atoms with Crippen LogP contribution in [-0.2, 0) is 17.6 Å². The summed E-state index contributed by atoms with van der Waals surface area (Å²) in [7, 11) is 0. The van der Waals surface area contributed by atoms with Gasteiger partial charge in [-0.15, -0.1) is 0 Å². The first kappa shape index (κ1) is 18.0. The number of ether oxygens (including phenoxy) is 1. The van der Waals surface area contributed by atoms with Crippen LogP contribution in [0.4, 0.5) is 0 Å². The Morgan fingerprint density at radius 1 is 1.05 bits per heavy atom. The molecule has 2 nitrogen and oxygen atoms in total. The molecule has 0 saturated carbocycles. The van der Waals surface area contributed by atoms with Gasteiger partial charge in [-0.1, -0.05) is 51.7 Å². The molecule has 0 aliphatic carbocycles. The zero-order valence-electron chi connectivity index (χ0n) is 13.3. The van der Waals surface area contributed by atoms with E-state index in [1.54, 1.807) is 0 Å². The van der Waals surface area contributed by atoms with E-state index in [0.29, 0.717) is 0 Å². The highest BCUT2D eigenvalue weighted by molar-refractivity contribution is 6.63. The van der Waals surface area contributed by atoms with Gasteiger partial charge in [0, 0.05) is 0 Å². The summed E-state index contributed by atoms with van der Waals surface area (Å²) in [6, 6.07) is 6.33. The second kappa shape index (κ2) is 10.7. The number of carbonyl (C=O) groups excluding carboxylic acids is 1. The van der Waals surface area contributed by atoms with Crippen molar-refractivity contribution in [3.05, 3.63) is 29.3 Å². The molecule has 21 heavy (non-hydrogen) atoms. The number of benzene rings is 1. The van der Waals surface area contributed by atoms with E-state index >= 15 is 0 Å². The van der Waals surface area contributed by atoms with Gasteiger partial charge in [0.15, 0.2) is 6.61 Å². The minimum absolute atomic E-state index is 0.0580. The Morgan fingerprint density at radius 3 is 2.33 bits per heavy atom. The van der Waals surface area contributed by atoms with E-state index in [1.807, 2.05) is 6.07 Å². The van der Waals surface area contributed by atoms with Gasteiger partial charge in [-0.3, -0.25) is 4.79 Å². The summed E-state index contributed by atoms with van der Waals surface area (Å²) in [4.78, 5) is 10.9. The maximum Gasteiger partial charge on any atom is 0.259 e. The zero-order chi connectivity index (χ0) is 15.5. The Bertz CT molecular complexity index is 429. The second-order valence-electron chi connectivity index (χ2n) is 5.50. The summed E-state index contributed by atoms with van der Waals surface area (Å²) < 4.78 is 5.53. The van der Waals surface area contributed by atoms with Crippen molar-refractivity contribution < 1.29 is 9.53 Å². The smallest absolute Gasteiger partial charge is 0.259 e. The van der Waals surface area contributed by atoms with Crippen LogP contribution >= 0.6 is 11.6 Å². The molecule has 0 heterocycles. The molecule has 3 heteroatoms. The van der Waals surface area contributed by atoms with Gasteiger partial charge < -0.3 is 4.74 Å². The molecule has 0 aliphatic heterocycles. The first-order valence-corrected chi connectivity index (χ1v) is 8.48. The zero-order valence-corrected chi connectivity index (χ0v) is 14.0. The van der Waals surface area contributed by atoms with Crippen molar-refractivity contribution >= 4 is 16.8 Å². The number of hydrogen-bond acceptors (Lipinski definition) is 2. The van der Waals surface area contributed by atoms with Gasteiger partial charge in [-0.2, -0.15) is 0 Å². The molecule has 0 radical (unpaired) electrons. The lowest BCUT2D eigenvalue weighted by Crippen LogP contribution is -2.06. The third-order valence-corrected chi connectivity index (χ3v) is 3.69. The quantitative estimate of drug-likeness (QED) is 0.410. The van der Waals surface area contributed by atoms with Crippen molar-refractivity contribution in [3.8, 4) is 5.75 Å². The van der Waals surface area contributed by atoms with E-state index in [9.17, 15) is 4.79 Å². The van der Waals surface area contributed by atoms with Gasteiger partial charge in [-0.05, 0) is 54.5 Å². The molecule has 0 N–H and O–H groups in total. The van der Waals surface area contributed by atoms with Crippen LogP contribution in [0.2, 0.25) is 0 Å². The first-order chi connectivity index (χ1) is 10.2. The van der Waals surface area contributed by atoms with Crippen LogP contribution in [0.3, 0.4) is 0 Å². The maximum atomic E-state index is 10.9. The molecular formula is C18H27ClO2. The second-order valence-corrected chi connectivity index (χ2v) is 5.92. The van der Waals surface area contributed by atoms with Gasteiger partial charge in [0.05, 0.1) is 0 Å². The summed E-state index contributed by atoms with van der Waals surface area (Å²) in [5, 5.41) is -0.457. The van der Waals surface area contributed by atoms with Crippen molar-refractivity contribution in [2.45, 2.75) is 65.2 Å². The lowest BCUT2D eigenvalue weighted by atomic mass is 10.0. The fourth-order valence-electron chi connectivity index (χ4n) is 2.40. The van der Waals surface area contributed by atoms with Crippen molar-refractivity contribution in [2.24, 2.45) is 0 Å². The lowest BCUT2D eigenvalue weighted by Gasteiger charge is -2.12.